The van der Waals surface area contributed by atoms with Gasteiger partial charge in [-0.15, -0.1) is 0 Å². The molecule has 0 saturated heterocycles. The quantitative estimate of drug-likeness (QED) is 0.212. The summed E-state index contributed by atoms with van der Waals surface area (Å²) in [6.07, 6.45) is 3.15. The third-order valence-corrected chi connectivity index (χ3v) is 8.42. The summed E-state index contributed by atoms with van der Waals surface area (Å²) < 4.78 is 16.9. The first-order valence-electron chi connectivity index (χ1n) is 12.9. The van der Waals surface area contributed by atoms with Crippen LogP contribution < -0.4 is 10.1 Å². The number of rotatable bonds is 6. The largest absolute Gasteiger partial charge is 0.496 e. The minimum Gasteiger partial charge on any atom is -0.496 e. The van der Waals surface area contributed by atoms with Gasteiger partial charge in [-0.05, 0) is 50.6 Å². The van der Waals surface area contributed by atoms with Gasteiger partial charge in [0.25, 0.3) is 5.89 Å². The number of aromatic amines is 1. The molecule has 41 heavy (non-hydrogen) atoms. The fourth-order valence-corrected chi connectivity index (χ4v) is 6.63. The predicted octanol–water partition coefficient (Wildman–Crippen LogP) is 7.01. The van der Waals surface area contributed by atoms with Crippen molar-refractivity contribution in [2.75, 3.05) is 12.4 Å². The number of halogens is 1. The van der Waals surface area contributed by atoms with Gasteiger partial charge in [-0.3, -0.25) is 4.99 Å². The van der Waals surface area contributed by atoms with Crippen LogP contribution in [0.15, 0.2) is 62.8 Å². The zero-order chi connectivity index (χ0) is 28.2. The van der Waals surface area contributed by atoms with E-state index in [4.69, 9.17) is 40.2 Å². The van der Waals surface area contributed by atoms with E-state index < -0.39 is 0 Å². The monoisotopic (exact) mass is 585 g/mol. The molecule has 0 fully saturated rings. The van der Waals surface area contributed by atoms with Crippen LogP contribution in [-0.2, 0) is 0 Å². The first-order chi connectivity index (χ1) is 19.9. The molecule has 0 aliphatic carbocycles. The van der Waals surface area contributed by atoms with Crippen molar-refractivity contribution < 1.29 is 13.7 Å². The Morgan fingerprint density at radius 3 is 2.73 bits per heavy atom. The SMILES string of the molecule is COc1cc2c(cc1-c1c(C)noc1C)[nH]c1nc(C)nc(NC3SC(c4ncco4)=NC3c3cccc(Cl)c3)c12. The summed E-state index contributed by atoms with van der Waals surface area (Å²) in [5, 5.41) is 10.7. The molecule has 206 valence electrons. The number of anilines is 1. The summed E-state index contributed by atoms with van der Waals surface area (Å²) in [6.45, 7) is 5.68. The topological polar surface area (TPSA) is 127 Å². The lowest BCUT2D eigenvalue weighted by Gasteiger charge is -2.20. The summed E-state index contributed by atoms with van der Waals surface area (Å²) in [5.74, 6) is 3.20. The Hall–Kier alpha value is -4.35. The summed E-state index contributed by atoms with van der Waals surface area (Å²) in [6, 6.07) is 11.5. The van der Waals surface area contributed by atoms with Crippen LogP contribution in [0.5, 0.6) is 5.75 Å². The molecule has 0 bridgehead atoms. The first-order valence-corrected chi connectivity index (χ1v) is 14.1. The molecule has 0 radical (unpaired) electrons. The molecule has 6 aromatic rings. The van der Waals surface area contributed by atoms with Crippen LogP contribution >= 0.6 is 23.4 Å². The van der Waals surface area contributed by atoms with Crippen molar-refractivity contribution in [3.8, 4) is 16.9 Å². The minimum atomic E-state index is -0.267. The average molecular weight is 586 g/mol. The second kappa shape index (κ2) is 9.93. The lowest BCUT2D eigenvalue weighted by molar-refractivity contribution is 0.393. The van der Waals surface area contributed by atoms with Gasteiger partial charge in [-0.25, -0.2) is 15.0 Å². The van der Waals surface area contributed by atoms with Gasteiger partial charge >= 0.3 is 0 Å². The fraction of sp³-hybridized carbons (Fsp3) is 0.207. The number of nitrogens with zero attached hydrogens (tertiary/aromatic N) is 5. The molecule has 0 spiro atoms. The number of thioether (sulfide) groups is 1. The van der Waals surface area contributed by atoms with Crippen LogP contribution in [0, 0.1) is 20.8 Å². The van der Waals surface area contributed by atoms with E-state index in [2.05, 4.69) is 20.4 Å². The molecule has 2 unspecified atom stereocenters. The molecule has 2 N–H and O–H groups in total. The van der Waals surface area contributed by atoms with E-state index in [-0.39, 0.29) is 11.4 Å². The molecule has 2 atom stereocenters. The maximum absolute atomic E-state index is 6.36. The summed E-state index contributed by atoms with van der Waals surface area (Å²) in [5.41, 5.74) is 5.16. The van der Waals surface area contributed by atoms with Gasteiger partial charge in [0.1, 0.15) is 46.5 Å². The van der Waals surface area contributed by atoms with Crippen LogP contribution in [0.4, 0.5) is 5.82 Å². The van der Waals surface area contributed by atoms with Crippen molar-refractivity contribution in [3.05, 3.63) is 82.6 Å². The Morgan fingerprint density at radius 2 is 2.00 bits per heavy atom. The third kappa shape index (κ3) is 4.41. The van der Waals surface area contributed by atoms with E-state index in [0.29, 0.717) is 39.0 Å². The van der Waals surface area contributed by atoms with Crippen molar-refractivity contribution in [2.45, 2.75) is 32.2 Å². The van der Waals surface area contributed by atoms with Crippen molar-refractivity contribution in [3.63, 3.8) is 0 Å². The molecule has 1 aliphatic rings. The second-order valence-corrected chi connectivity index (χ2v) is 11.3. The number of oxazole rings is 1. The molecule has 0 saturated carbocycles. The number of benzene rings is 2. The molecular formula is C29H24ClN7O3S. The maximum Gasteiger partial charge on any atom is 0.251 e. The number of methoxy groups -OCH3 is 1. The normalized spacial score (nSPS) is 17.0. The highest BCUT2D eigenvalue weighted by atomic mass is 35.5. The highest BCUT2D eigenvalue weighted by Gasteiger charge is 2.35. The highest BCUT2D eigenvalue weighted by molar-refractivity contribution is 8.15. The minimum absolute atomic E-state index is 0.221. The summed E-state index contributed by atoms with van der Waals surface area (Å²) in [7, 11) is 1.66. The number of ether oxygens (including phenoxy) is 1. The van der Waals surface area contributed by atoms with Gasteiger partial charge in [-0.1, -0.05) is 40.7 Å². The van der Waals surface area contributed by atoms with E-state index in [9.17, 15) is 0 Å². The molecule has 12 heteroatoms. The van der Waals surface area contributed by atoms with Gasteiger partial charge in [0.05, 0.1) is 30.0 Å². The molecule has 5 heterocycles. The van der Waals surface area contributed by atoms with Gasteiger partial charge in [0.2, 0.25) is 0 Å². The van der Waals surface area contributed by atoms with Crippen molar-refractivity contribution >= 4 is 56.2 Å². The number of H-pyrrole nitrogens is 1. The highest BCUT2D eigenvalue weighted by Crippen LogP contribution is 2.44. The van der Waals surface area contributed by atoms with Crippen LogP contribution in [-0.4, -0.2) is 42.6 Å². The molecule has 10 nitrogen and oxygen atoms in total. The zero-order valence-corrected chi connectivity index (χ0v) is 24.1. The number of fused-ring (bicyclic) bond motifs is 3. The van der Waals surface area contributed by atoms with Gasteiger partial charge in [0, 0.05) is 21.5 Å². The number of hydrogen-bond acceptors (Lipinski definition) is 10. The Kier molecular flexibility index (Phi) is 6.20. The molecular weight excluding hydrogens is 562 g/mol. The van der Waals surface area contributed by atoms with Crippen LogP contribution in [0.2, 0.25) is 5.02 Å². The Balaban J connectivity index is 1.35. The zero-order valence-electron chi connectivity index (χ0n) is 22.5. The van der Waals surface area contributed by atoms with Crippen LogP contribution in [0.25, 0.3) is 33.1 Å². The van der Waals surface area contributed by atoms with Gasteiger partial charge < -0.3 is 24.0 Å². The van der Waals surface area contributed by atoms with Gasteiger partial charge in [-0.2, -0.15) is 0 Å². The average Bonchev–Trinajstić information content (AvgIpc) is 3.74. The second-order valence-electron chi connectivity index (χ2n) is 9.72. The van der Waals surface area contributed by atoms with Crippen LogP contribution in [0.3, 0.4) is 0 Å². The number of nitrogens with one attached hydrogen (secondary N) is 2. The number of aliphatic imine (C=N–C) groups is 1. The predicted molar refractivity (Wildman–Crippen MR) is 160 cm³/mol. The Labute approximate surface area is 243 Å². The molecule has 2 aromatic carbocycles. The lowest BCUT2D eigenvalue weighted by Crippen LogP contribution is -2.21. The Bertz CT molecular complexity index is 1950. The third-order valence-electron chi connectivity index (χ3n) is 7.05. The number of aromatic nitrogens is 5. The molecule has 4 aromatic heterocycles. The Morgan fingerprint density at radius 1 is 1.12 bits per heavy atom. The first kappa shape index (κ1) is 25.6. The van der Waals surface area contributed by atoms with E-state index in [1.807, 2.05) is 57.2 Å². The van der Waals surface area contributed by atoms with Crippen LogP contribution in [0.1, 0.15) is 34.8 Å². The van der Waals surface area contributed by atoms with Crippen molar-refractivity contribution in [1.29, 1.82) is 0 Å². The van der Waals surface area contributed by atoms with E-state index in [1.54, 1.807) is 19.6 Å². The maximum atomic E-state index is 6.36. The lowest BCUT2D eigenvalue weighted by atomic mass is 10.0. The summed E-state index contributed by atoms with van der Waals surface area (Å²) >= 11 is 7.89. The smallest absolute Gasteiger partial charge is 0.251 e. The van der Waals surface area contributed by atoms with Gasteiger partial charge in [0.15, 0.2) is 5.04 Å². The molecule has 7 rings (SSSR count). The molecule has 0 amide bonds. The summed E-state index contributed by atoms with van der Waals surface area (Å²) in [4.78, 5) is 22.3. The van der Waals surface area contributed by atoms with E-state index in [1.165, 1.54) is 11.8 Å². The number of hydrogen-bond donors (Lipinski definition) is 2. The van der Waals surface area contributed by atoms with E-state index in [0.717, 1.165) is 44.4 Å². The fourth-order valence-electron chi connectivity index (χ4n) is 5.30. The standard InChI is InChI=1S/C29H24ClN7O3S/c1-13-22(14(2)40-37-13)19-11-20-18(12-21(19)38-4)23-25(34-20)32-15(3)33-26(23)36-28-24(16-6-5-7-17(30)10-16)35-29(41-28)27-31-8-9-39-27/h5-12,24,28H,1-4H3,(H2,32,33,34,36). The molecule has 1 aliphatic heterocycles. The van der Waals surface area contributed by atoms with Crippen molar-refractivity contribution in [2.24, 2.45) is 4.99 Å². The van der Waals surface area contributed by atoms with E-state index >= 15 is 0 Å². The van der Waals surface area contributed by atoms with Crippen molar-refractivity contribution in [1.82, 2.24) is 25.1 Å². The number of aryl methyl sites for hydroxylation is 3.